The van der Waals surface area contributed by atoms with Crippen LogP contribution < -0.4 is 0 Å². The molecule has 0 N–H and O–H groups in total. The zero-order valence-electron chi connectivity index (χ0n) is 80.7. The standard InChI is InChI=1S/C54H34N2.C46H30N2.C42H27NO/c1-2-14-39(15-3-1)55-51-23-10-8-21-46(51)49-33-37(26-29-53(49)55)38-27-30-54-50(34-38)47-22-9-11-24-52(47)56(54)40-16-12-13-35(31-40)36-25-28-45-43-19-5-4-17-41(43)42-18-6-7-20-44(42)48(45)32-36;1-2-14-31(15-3-1)35-26-27-36(38-17-5-4-16-37(35)38)32-28-33(47-43-22-10-6-18-39(43)40-19-7-11-23-44(40)47)30-34(29-32)48-45-24-12-8-20-41(45)42-21-9-13-25-46(42)48;1-3-12-28(13-4-1)31-24-32(29-14-5-2-6-15-29)26-33(25-31)43-39-20-9-7-16-35(39)38-27-30(22-23-40(38)43)34-18-11-19-37-36-17-8-10-21-41(36)44-42(34)37/h1-34H;1-30H;1-27H. The summed E-state index contributed by atoms with van der Waals surface area (Å²) in [5, 5.41) is 25.1. The van der Waals surface area contributed by atoms with E-state index in [1.54, 1.807) is 0 Å². The van der Waals surface area contributed by atoms with Gasteiger partial charge in [0.05, 0.1) is 55.2 Å². The van der Waals surface area contributed by atoms with Crippen LogP contribution >= 0.6 is 0 Å². The molecule has 0 unspecified atom stereocenters. The Kier molecular flexibility index (Phi) is 20.2. The summed E-state index contributed by atoms with van der Waals surface area (Å²) in [5.41, 5.74) is 36.4. The van der Waals surface area contributed by atoms with Gasteiger partial charge in [0.15, 0.2) is 0 Å². The molecule has 0 aliphatic rings. The van der Waals surface area contributed by atoms with Gasteiger partial charge in [-0.05, 0) is 267 Å². The lowest BCUT2D eigenvalue weighted by Crippen LogP contribution is -2.00. The van der Waals surface area contributed by atoms with Gasteiger partial charge in [0, 0.05) is 98.6 Å². The van der Waals surface area contributed by atoms with Crippen LogP contribution in [0.4, 0.5) is 0 Å². The van der Waals surface area contributed by atoms with Crippen LogP contribution in [-0.2, 0) is 0 Å². The van der Waals surface area contributed by atoms with Crippen LogP contribution in [0.3, 0.4) is 0 Å². The molecule has 148 heavy (non-hydrogen) atoms. The van der Waals surface area contributed by atoms with Gasteiger partial charge < -0.3 is 27.3 Å². The fraction of sp³-hybridized carbons (Fsp3) is 0. The Morgan fingerprint density at radius 3 is 0.831 bits per heavy atom. The van der Waals surface area contributed by atoms with Crippen LogP contribution in [0.15, 0.2) is 556 Å². The van der Waals surface area contributed by atoms with E-state index in [0.717, 1.165) is 55.8 Å². The highest BCUT2D eigenvalue weighted by Crippen LogP contribution is 2.48. The van der Waals surface area contributed by atoms with Gasteiger partial charge in [0.25, 0.3) is 0 Å². The molecule has 6 nitrogen and oxygen atoms in total. The highest BCUT2D eigenvalue weighted by molar-refractivity contribution is 6.26. The van der Waals surface area contributed by atoms with E-state index in [2.05, 4.69) is 563 Å². The number of fused-ring (bicyclic) bond motifs is 25. The van der Waals surface area contributed by atoms with Crippen molar-refractivity contribution >= 4 is 174 Å². The van der Waals surface area contributed by atoms with Gasteiger partial charge in [-0.15, -0.1) is 0 Å². The summed E-state index contributed by atoms with van der Waals surface area (Å²) in [7, 11) is 0. The molecule has 0 radical (unpaired) electrons. The smallest absolute Gasteiger partial charge is 0.143 e. The molecule has 25 aromatic carbocycles. The maximum Gasteiger partial charge on any atom is 0.143 e. The van der Waals surface area contributed by atoms with Crippen molar-refractivity contribution in [1.82, 2.24) is 22.8 Å². The number of benzene rings is 25. The van der Waals surface area contributed by atoms with Gasteiger partial charge in [-0.25, -0.2) is 0 Å². The second-order valence-electron chi connectivity index (χ2n) is 38.8. The summed E-state index contributed by atoms with van der Waals surface area (Å²) in [4.78, 5) is 0. The summed E-state index contributed by atoms with van der Waals surface area (Å²) in [6, 6.07) is 201. The summed E-state index contributed by atoms with van der Waals surface area (Å²) >= 11 is 0. The van der Waals surface area contributed by atoms with E-state index in [4.69, 9.17) is 4.42 Å². The third-order valence-electron chi connectivity index (χ3n) is 30.6. The molecule has 31 rings (SSSR count). The number of aromatic nitrogens is 5. The van der Waals surface area contributed by atoms with Crippen molar-refractivity contribution in [2.75, 3.05) is 0 Å². The molecule has 0 fully saturated rings. The van der Waals surface area contributed by atoms with Crippen LogP contribution in [-0.4, -0.2) is 22.8 Å². The maximum atomic E-state index is 6.42. The SMILES string of the molecule is c1ccc(-c2cc(-c3ccccc3)cc(-n3c4ccccc4c4cc(-c5cccc6c5oc5ccccc56)ccc43)c2)cc1.c1ccc(-c2ccc(-c3cc(-n4c5ccccc5c5ccccc54)cc(-n4c5ccccc5c5ccccc54)c3)c3ccccc23)cc1.c1ccc(-n2c3ccccc3c3cc(-c4ccc5c(c4)c4ccccc4n5-c4cccc(-c5ccc6c7ccccc7c7ccccc7c6c5)c4)ccc32)cc1. The molecule has 0 saturated heterocycles. The third kappa shape index (κ3) is 14.2. The average molecular weight is 1880 g/mol. The highest BCUT2D eigenvalue weighted by Gasteiger charge is 2.25. The van der Waals surface area contributed by atoms with E-state index in [1.807, 2.05) is 12.1 Å². The van der Waals surface area contributed by atoms with Gasteiger partial charge in [-0.1, -0.05) is 400 Å². The quantitative estimate of drug-likeness (QED) is 0.112. The Balaban J connectivity index is 0.000000105. The molecule has 6 aromatic heterocycles. The summed E-state index contributed by atoms with van der Waals surface area (Å²) in [6.45, 7) is 0. The summed E-state index contributed by atoms with van der Waals surface area (Å²) < 4.78 is 18.5. The van der Waals surface area contributed by atoms with Gasteiger partial charge >= 0.3 is 0 Å². The Hall–Kier alpha value is -19.7. The van der Waals surface area contributed by atoms with Crippen LogP contribution in [0.25, 0.3) is 280 Å². The number of hydrogen-bond donors (Lipinski definition) is 0. The Labute approximate surface area is 853 Å². The number of furan rings is 1. The molecule has 0 bridgehead atoms. The van der Waals surface area contributed by atoms with Gasteiger partial charge in [-0.2, -0.15) is 0 Å². The van der Waals surface area contributed by atoms with E-state index >= 15 is 0 Å². The zero-order chi connectivity index (χ0) is 97.4. The molecule has 690 valence electrons. The number of hydrogen-bond acceptors (Lipinski definition) is 1. The number of para-hydroxylation sites is 10. The number of nitrogens with zero attached hydrogens (tertiary/aromatic N) is 5. The monoisotopic (exact) mass is 1880 g/mol. The fourth-order valence-electron chi connectivity index (χ4n) is 23.9. The zero-order valence-corrected chi connectivity index (χ0v) is 80.7. The highest BCUT2D eigenvalue weighted by atomic mass is 16.3. The van der Waals surface area contributed by atoms with Crippen molar-refractivity contribution in [1.29, 1.82) is 0 Å². The van der Waals surface area contributed by atoms with Crippen molar-refractivity contribution < 1.29 is 4.42 Å². The lowest BCUT2D eigenvalue weighted by Gasteiger charge is -2.17. The predicted molar refractivity (Wildman–Crippen MR) is 626 cm³/mol. The second kappa shape index (κ2) is 35.2. The Bertz CT molecular complexity index is 10400. The molecule has 31 aromatic rings. The second-order valence-corrected chi connectivity index (χ2v) is 38.8. The first-order chi connectivity index (χ1) is 73.4. The lowest BCUT2D eigenvalue weighted by molar-refractivity contribution is 0.670. The Morgan fingerprint density at radius 1 is 0.108 bits per heavy atom. The average Bonchev–Trinajstić information content (AvgIpc) is 1.44. The summed E-state index contributed by atoms with van der Waals surface area (Å²) in [6.07, 6.45) is 0. The molecule has 0 aliphatic carbocycles. The predicted octanol–water partition coefficient (Wildman–Crippen LogP) is 38.7. The van der Waals surface area contributed by atoms with Crippen molar-refractivity contribution in [2.24, 2.45) is 0 Å². The van der Waals surface area contributed by atoms with E-state index in [-0.39, 0.29) is 0 Å². The summed E-state index contributed by atoms with van der Waals surface area (Å²) in [5.74, 6) is 0. The molecule has 0 atom stereocenters. The molecule has 0 spiro atoms. The first-order valence-corrected chi connectivity index (χ1v) is 50.9. The fourth-order valence-corrected chi connectivity index (χ4v) is 23.9. The third-order valence-corrected chi connectivity index (χ3v) is 30.6. The van der Waals surface area contributed by atoms with E-state index < -0.39 is 0 Å². The van der Waals surface area contributed by atoms with Crippen LogP contribution in [0, 0.1) is 0 Å². The minimum Gasteiger partial charge on any atom is -0.455 e. The van der Waals surface area contributed by atoms with Crippen LogP contribution in [0.1, 0.15) is 0 Å². The molecular weight excluding hydrogens is 1790 g/mol. The van der Waals surface area contributed by atoms with Crippen LogP contribution in [0.2, 0.25) is 0 Å². The number of rotatable bonds is 12. The maximum absolute atomic E-state index is 6.42. The lowest BCUT2D eigenvalue weighted by atomic mass is 9.91. The normalized spacial score (nSPS) is 11.8. The van der Waals surface area contributed by atoms with Crippen molar-refractivity contribution in [2.45, 2.75) is 0 Å². The molecule has 6 heterocycles. The minimum absolute atomic E-state index is 0.917. The molecule has 0 amide bonds. The topological polar surface area (TPSA) is 37.8 Å². The van der Waals surface area contributed by atoms with Crippen molar-refractivity contribution in [3.63, 3.8) is 0 Å². The molecular formula is C142H91N5O. The van der Waals surface area contributed by atoms with Crippen molar-refractivity contribution in [3.05, 3.63) is 552 Å². The molecule has 0 saturated carbocycles. The van der Waals surface area contributed by atoms with Gasteiger partial charge in [0.1, 0.15) is 11.2 Å². The van der Waals surface area contributed by atoms with E-state index in [9.17, 15) is 0 Å². The Morgan fingerprint density at radius 2 is 0.378 bits per heavy atom. The van der Waals surface area contributed by atoms with Crippen molar-refractivity contribution in [3.8, 4) is 106 Å². The van der Waals surface area contributed by atoms with E-state index in [1.165, 1.54) is 225 Å². The first-order valence-electron chi connectivity index (χ1n) is 50.9. The van der Waals surface area contributed by atoms with E-state index in [0.29, 0.717) is 0 Å². The van der Waals surface area contributed by atoms with Crippen LogP contribution in [0.5, 0.6) is 0 Å². The minimum atomic E-state index is 0.917. The first kappa shape index (κ1) is 85.1. The molecule has 6 heteroatoms. The largest absolute Gasteiger partial charge is 0.455 e. The molecule has 0 aliphatic heterocycles. The van der Waals surface area contributed by atoms with Gasteiger partial charge in [-0.3, -0.25) is 0 Å². The van der Waals surface area contributed by atoms with Gasteiger partial charge in [0.2, 0.25) is 0 Å².